The summed E-state index contributed by atoms with van der Waals surface area (Å²) in [6, 6.07) is 0.848. The van der Waals surface area contributed by atoms with E-state index in [1.54, 1.807) is 0 Å². The molecule has 0 rings (SSSR count). The molecular weight excluding hydrogens is 533 g/mol. The Labute approximate surface area is 217 Å². The molecule has 13 heteroatoms. The van der Waals surface area contributed by atoms with Gasteiger partial charge in [-0.25, -0.2) is 0 Å². The third-order valence-electron chi connectivity index (χ3n) is 3.65. The highest BCUT2D eigenvalue weighted by molar-refractivity contribution is 6.92. The molecule has 0 aromatic carbocycles. The van der Waals surface area contributed by atoms with Crippen LogP contribution in [0.2, 0.25) is 104 Å². The smallest absolute Gasteiger partial charge is 0.317 e. The van der Waals surface area contributed by atoms with Gasteiger partial charge in [-0.2, -0.15) is 0 Å². The lowest BCUT2D eigenvalue weighted by atomic mass is 11.0. The van der Waals surface area contributed by atoms with E-state index in [-0.39, 0.29) is 22.3 Å². The SMILES string of the molecule is C.C.C.CC[Si](C)(O[Si](C)(C)O[Si](C)(C)O[Si](C)(C)C)O[Si](C)(C)O[Si](C)(C)O[Si](C)(C)C. The van der Waals surface area contributed by atoms with Crippen LogP contribution in [0.3, 0.4) is 0 Å². The van der Waals surface area contributed by atoms with Crippen molar-refractivity contribution in [3.63, 3.8) is 0 Å². The Kier molecular flexibility index (Phi) is 17.2. The molecule has 0 N–H and O–H groups in total. The van der Waals surface area contributed by atoms with Crippen LogP contribution in [0.15, 0.2) is 0 Å². The summed E-state index contributed by atoms with van der Waals surface area (Å²) < 4.78 is 39.3. The highest BCUT2D eigenvalue weighted by Gasteiger charge is 2.49. The first-order valence-electron chi connectivity index (χ1n) is 11.0. The maximum absolute atomic E-state index is 6.72. The van der Waals surface area contributed by atoms with Crippen molar-refractivity contribution in [1.82, 2.24) is 0 Å². The summed E-state index contributed by atoms with van der Waals surface area (Å²) in [4.78, 5) is 0. The van der Waals surface area contributed by atoms with Gasteiger partial charge in [-0.05, 0) is 104 Å². The third-order valence-corrected chi connectivity index (χ3v) is 29.0. The second kappa shape index (κ2) is 13.7. The molecule has 0 spiro atoms. The molecule has 6 nitrogen and oxygen atoms in total. The first-order valence-corrected chi connectivity index (χ1v) is 31.6. The zero-order valence-corrected chi connectivity index (χ0v) is 29.7. The van der Waals surface area contributed by atoms with Crippen LogP contribution in [-0.4, -0.2) is 59.4 Å². The van der Waals surface area contributed by atoms with Gasteiger partial charge < -0.3 is 24.7 Å². The van der Waals surface area contributed by atoms with Gasteiger partial charge in [0.2, 0.25) is 0 Å². The predicted molar refractivity (Wildman–Crippen MR) is 165 cm³/mol. The first kappa shape index (κ1) is 41.4. The lowest BCUT2D eigenvalue weighted by Gasteiger charge is -2.44. The molecule has 0 amide bonds. The fourth-order valence-corrected chi connectivity index (χ4v) is 37.4. The zero-order chi connectivity index (χ0) is 24.4. The van der Waals surface area contributed by atoms with Gasteiger partial charge in [-0.15, -0.1) is 0 Å². The van der Waals surface area contributed by atoms with E-state index in [0.29, 0.717) is 0 Å². The van der Waals surface area contributed by atoms with Gasteiger partial charge in [0.05, 0.1) is 0 Å². The van der Waals surface area contributed by atoms with Gasteiger partial charge in [0.15, 0.2) is 16.6 Å². The van der Waals surface area contributed by atoms with Crippen LogP contribution in [0.4, 0.5) is 0 Å². The van der Waals surface area contributed by atoms with E-state index >= 15 is 0 Å². The topological polar surface area (TPSA) is 55.4 Å². The minimum atomic E-state index is -2.48. The monoisotopic (exact) mass is 594 g/mol. The lowest BCUT2D eigenvalue weighted by molar-refractivity contribution is 0.268. The van der Waals surface area contributed by atoms with Gasteiger partial charge in [-0.3, -0.25) is 0 Å². The van der Waals surface area contributed by atoms with E-state index in [9.17, 15) is 0 Å². The van der Waals surface area contributed by atoms with Crippen LogP contribution in [0.5, 0.6) is 0 Å². The predicted octanol–water partition coefficient (Wildman–Crippen LogP) is 8.56. The minimum Gasteiger partial charge on any atom is -0.437 e. The van der Waals surface area contributed by atoms with Crippen molar-refractivity contribution in [2.45, 2.75) is 133 Å². The molecule has 0 saturated heterocycles. The van der Waals surface area contributed by atoms with Crippen molar-refractivity contribution in [3.05, 3.63) is 0 Å². The first-order chi connectivity index (χ1) is 12.8. The van der Waals surface area contributed by atoms with Crippen LogP contribution in [-0.2, 0) is 24.7 Å². The van der Waals surface area contributed by atoms with Crippen LogP contribution >= 0.6 is 0 Å². The molecule has 0 radical (unpaired) electrons. The maximum atomic E-state index is 6.72. The Bertz CT molecular complexity index is 514. The molecule has 33 heavy (non-hydrogen) atoms. The molecule has 0 saturated carbocycles. The van der Waals surface area contributed by atoms with Crippen LogP contribution in [0.1, 0.15) is 29.2 Å². The van der Waals surface area contributed by atoms with E-state index in [1.807, 2.05) is 0 Å². The zero-order valence-electron chi connectivity index (χ0n) is 22.7. The summed E-state index contributed by atoms with van der Waals surface area (Å²) in [7, 11) is -15.3. The number of hydrogen-bond acceptors (Lipinski definition) is 6. The molecule has 0 aliphatic rings. The summed E-state index contributed by atoms with van der Waals surface area (Å²) in [5.74, 6) is 0. The Balaban J connectivity index is -0.00000140. The lowest BCUT2D eigenvalue weighted by Crippen LogP contribution is -2.61. The fourth-order valence-electron chi connectivity index (χ4n) is 3.95. The van der Waals surface area contributed by atoms with Crippen molar-refractivity contribution >= 4 is 59.4 Å². The molecule has 206 valence electrons. The summed E-state index contributed by atoms with van der Waals surface area (Å²) in [5, 5.41) is 0. The summed E-state index contributed by atoms with van der Waals surface area (Å²) in [6.07, 6.45) is 0. The van der Waals surface area contributed by atoms with E-state index in [1.165, 1.54) is 0 Å². The third kappa shape index (κ3) is 20.1. The largest absolute Gasteiger partial charge is 0.437 e. The van der Waals surface area contributed by atoms with E-state index in [4.69, 9.17) is 24.7 Å². The van der Waals surface area contributed by atoms with Crippen molar-refractivity contribution in [2.75, 3.05) is 0 Å². The van der Waals surface area contributed by atoms with E-state index in [2.05, 4.69) is 105 Å². The number of hydrogen-bond donors (Lipinski definition) is 0. The Hall–Kier alpha value is 1.28. The van der Waals surface area contributed by atoms with Crippen molar-refractivity contribution in [2.24, 2.45) is 0 Å². The summed E-state index contributed by atoms with van der Waals surface area (Å²) in [6.45, 7) is 34.4. The molecule has 0 atom stereocenters. The fraction of sp³-hybridized carbons (Fsp3) is 1.00. The highest BCUT2D eigenvalue weighted by atomic mass is 28.5. The quantitative estimate of drug-likeness (QED) is 0.199. The molecular formula is C20H62O6Si7. The van der Waals surface area contributed by atoms with Crippen molar-refractivity contribution in [1.29, 1.82) is 0 Å². The Morgan fingerprint density at radius 1 is 0.364 bits per heavy atom. The molecule has 0 aliphatic carbocycles. The maximum Gasteiger partial charge on any atom is 0.317 e. The molecule has 0 aromatic rings. The van der Waals surface area contributed by atoms with Gasteiger partial charge in [0, 0.05) is 0 Å². The molecule has 0 unspecified atom stereocenters. The molecule has 0 aliphatic heterocycles. The standard InChI is InChI=1S/C17H50O6Si7.3CH4/c1-17-30(16,22-28(12,13)20-26(8,9)18-24(2,3)4)23-29(14,15)21-27(10,11)19-25(5,6)7;;;/h17H2,1-16H3;3*1H4. The second-order valence-electron chi connectivity index (χ2n) is 11.9. The average molecular weight is 595 g/mol. The summed E-state index contributed by atoms with van der Waals surface area (Å²) >= 11 is 0. The average Bonchev–Trinajstić information content (AvgIpc) is 2.26. The summed E-state index contributed by atoms with van der Waals surface area (Å²) in [5.41, 5.74) is 0. The van der Waals surface area contributed by atoms with Crippen LogP contribution < -0.4 is 0 Å². The van der Waals surface area contributed by atoms with Gasteiger partial charge in [-0.1, -0.05) is 29.2 Å². The molecule has 0 aromatic heterocycles. The highest BCUT2D eigenvalue weighted by Crippen LogP contribution is 2.30. The molecule has 0 bridgehead atoms. The second-order valence-corrected chi connectivity index (χ2v) is 39.4. The normalized spacial score (nSPS) is 14.2. The Morgan fingerprint density at radius 2 is 0.576 bits per heavy atom. The van der Waals surface area contributed by atoms with Gasteiger partial charge >= 0.3 is 42.8 Å². The Morgan fingerprint density at radius 3 is 0.758 bits per heavy atom. The molecule has 0 fully saturated rings. The van der Waals surface area contributed by atoms with Crippen LogP contribution in [0, 0.1) is 0 Å². The van der Waals surface area contributed by atoms with Crippen molar-refractivity contribution in [3.8, 4) is 0 Å². The van der Waals surface area contributed by atoms with Crippen molar-refractivity contribution < 1.29 is 24.7 Å². The van der Waals surface area contributed by atoms with E-state index < -0.39 is 59.4 Å². The number of rotatable bonds is 13. The minimum absolute atomic E-state index is 0. The van der Waals surface area contributed by atoms with Gasteiger partial charge in [0.25, 0.3) is 0 Å². The van der Waals surface area contributed by atoms with Crippen LogP contribution in [0.25, 0.3) is 0 Å². The molecule has 0 heterocycles. The van der Waals surface area contributed by atoms with E-state index in [0.717, 1.165) is 6.04 Å². The van der Waals surface area contributed by atoms with Gasteiger partial charge in [0.1, 0.15) is 0 Å².